The van der Waals surface area contributed by atoms with Crippen LogP contribution in [0.4, 0.5) is 0 Å². The predicted molar refractivity (Wildman–Crippen MR) is 69.2 cm³/mol. The molecule has 4 nitrogen and oxygen atoms in total. The van der Waals surface area contributed by atoms with Crippen LogP contribution in [0.1, 0.15) is 39.5 Å². The van der Waals surface area contributed by atoms with Gasteiger partial charge in [0, 0.05) is 0 Å². The third-order valence-corrected chi connectivity index (χ3v) is 3.66. The van der Waals surface area contributed by atoms with Crippen LogP contribution >= 0.6 is 0 Å². The maximum absolute atomic E-state index is 11.7. The Morgan fingerprint density at radius 1 is 1.22 bits per heavy atom. The highest BCUT2D eigenvalue weighted by atomic mass is 16.2. The van der Waals surface area contributed by atoms with Crippen LogP contribution in [0.3, 0.4) is 0 Å². The van der Waals surface area contributed by atoms with Crippen LogP contribution in [-0.4, -0.2) is 11.8 Å². The highest BCUT2D eigenvalue weighted by Gasteiger charge is 2.40. The van der Waals surface area contributed by atoms with Crippen molar-refractivity contribution in [1.82, 2.24) is 10.9 Å². The van der Waals surface area contributed by atoms with Gasteiger partial charge in [-0.1, -0.05) is 23.3 Å². The topological polar surface area (TPSA) is 58.2 Å². The highest BCUT2D eigenvalue weighted by Crippen LogP contribution is 2.35. The molecule has 98 valence electrons. The zero-order chi connectivity index (χ0) is 13.1. The molecule has 0 spiro atoms. The van der Waals surface area contributed by atoms with Gasteiger partial charge in [0.15, 0.2) is 0 Å². The van der Waals surface area contributed by atoms with E-state index >= 15 is 0 Å². The molecule has 1 aliphatic heterocycles. The molecule has 0 bridgehead atoms. The van der Waals surface area contributed by atoms with Crippen LogP contribution in [-0.2, 0) is 9.59 Å². The average molecular weight is 248 g/mol. The van der Waals surface area contributed by atoms with Gasteiger partial charge in [0.05, 0.1) is 11.8 Å². The lowest BCUT2D eigenvalue weighted by molar-refractivity contribution is -0.144. The number of rotatable bonds is 2. The lowest BCUT2D eigenvalue weighted by atomic mass is 9.75. The molecule has 0 unspecified atom stereocenters. The van der Waals surface area contributed by atoms with Gasteiger partial charge in [0.25, 0.3) is 0 Å². The Hall–Kier alpha value is -1.58. The Kier molecular flexibility index (Phi) is 3.84. The summed E-state index contributed by atoms with van der Waals surface area (Å²) in [5.74, 6) is -0.403. The standard InChI is InChI=1S/C14H20N2O2/c1-9(2)4-3-5-10-6-7-11-12(8-10)14(18)16-15-13(11)17/h4-5,11-12H,3,6-8H2,1-2H3,(H,15,17)(H,16,18)/b10-5+/t11-,12-/m0/s1. The summed E-state index contributed by atoms with van der Waals surface area (Å²) in [4.78, 5) is 23.4. The van der Waals surface area contributed by atoms with Crippen molar-refractivity contribution in [3.8, 4) is 0 Å². The minimum absolute atomic E-state index is 0.0389. The lowest BCUT2D eigenvalue weighted by Gasteiger charge is -2.34. The molecular formula is C14H20N2O2. The van der Waals surface area contributed by atoms with E-state index in [1.165, 1.54) is 11.1 Å². The Morgan fingerprint density at radius 3 is 2.56 bits per heavy atom. The van der Waals surface area contributed by atoms with Gasteiger partial charge in [-0.25, -0.2) is 0 Å². The number of allylic oxidation sites excluding steroid dienone is 4. The highest BCUT2D eigenvalue weighted by molar-refractivity contribution is 5.93. The monoisotopic (exact) mass is 248 g/mol. The maximum Gasteiger partial charge on any atom is 0.242 e. The number of carbonyl (C=O) groups is 2. The second-order valence-electron chi connectivity index (χ2n) is 5.31. The number of carbonyl (C=O) groups excluding carboxylic acids is 2. The first-order chi connectivity index (χ1) is 8.58. The Labute approximate surface area is 107 Å². The number of hydrazine groups is 1. The molecule has 18 heavy (non-hydrogen) atoms. The molecule has 2 N–H and O–H groups in total. The van der Waals surface area contributed by atoms with Crippen molar-refractivity contribution < 1.29 is 9.59 Å². The van der Waals surface area contributed by atoms with Crippen LogP contribution in [0.5, 0.6) is 0 Å². The van der Waals surface area contributed by atoms with E-state index in [1.54, 1.807) is 0 Å². The largest absolute Gasteiger partial charge is 0.273 e. The fourth-order valence-corrected chi connectivity index (χ4v) is 2.61. The zero-order valence-electron chi connectivity index (χ0n) is 11.0. The molecular weight excluding hydrogens is 228 g/mol. The summed E-state index contributed by atoms with van der Waals surface area (Å²) in [6, 6.07) is 0. The van der Waals surface area contributed by atoms with Gasteiger partial charge in [-0.2, -0.15) is 0 Å². The summed E-state index contributed by atoms with van der Waals surface area (Å²) in [6.45, 7) is 4.16. The minimum atomic E-state index is -0.176. The van der Waals surface area contributed by atoms with Gasteiger partial charge < -0.3 is 0 Å². The first-order valence-electron chi connectivity index (χ1n) is 6.49. The van der Waals surface area contributed by atoms with Gasteiger partial charge in [0.2, 0.25) is 11.8 Å². The van der Waals surface area contributed by atoms with Crippen molar-refractivity contribution in [3.63, 3.8) is 0 Å². The molecule has 1 saturated carbocycles. The molecule has 1 saturated heterocycles. The average Bonchev–Trinajstić information content (AvgIpc) is 2.34. The van der Waals surface area contributed by atoms with Gasteiger partial charge in [-0.3, -0.25) is 20.4 Å². The van der Waals surface area contributed by atoms with Crippen LogP contribution in [0.15, 0.2) is 23.3 Å². The normalized spacial score (nSPS) is 29.3. The van der Waals surface area contributed by atoms with E-state index in [0.717, 1.165) is 25.7 Å². The molecule has 1 aliphatic carbocycles. The summed E-state index contributed by atoms with van der Waals surface area (Å²) in [5.41, 5.74) is 7.49. The third-order valence-electron chi connectivity index (χ3n) is 3.66. The molecule has 0 aromatic heterocycles. The molecule has 0 radical (unpaired) electrons. The number of fused-ring (bicyclic) bond motifs is 1. The van der Waals surface area contributed by atoms with Gasteiger partial charge >= 0.3 is 0 Å². The Bertz CT molecular complexity index is 420. The van der Waals surface area contributed by atoms with E-state index < -0.39 is 0 Å². The van der Waals surface area contributed by atoms with Gasteiger partial charge in [-0.05, 0) is 39.5 Å². The Morgan fingerprint density at radius 2 is 1.89 bits per heavy atom. The van der Waals surface area contributed by atoms with E-state index in [4.69, 9.17) is 0 Å². The molecule has 2 rings (SSSR count). The van der Waals surface area contributed by atoms with Crippen molar-refractivity contribution >= 4 is 11.8 Å². The van der Waals surface area contributed by atoms with Crippen molar-refractivity contribution in [2.75, 3.05) is 0 Å². The van der Waals surface area contributed by atoms with E-state index in [1.807, 2.05) is 0 Å². The van der Waals surface area contributed by atoms with E-state index in [9.17, 15) is 9.59 Å². The molecule has 1 heterocycles. The molecule has 2 atom stereocenters. The summed E-state index contributed by atoms with van der Waals surface area (Å²) in [7, 11) is 0. The SMILES string of the molecule is CC(C)=CC/C=C1\CC[C@@H]2C(=O)NNC(=O)[C@H]2C1. The molecule has 2 amide bonds. The minimum Gasteiger partial charge on any atom is -0.273 e. The molecule has 0 aromatic rings. The van der Waals surface area contributed by atoms with Gasteiger partial charge in [0.1, 0.15) is 0 Å². The lowest BCUT2D eigenvalue weighted by Crippen LogP contribution is -2.57. The summed E-state index contributed by atoms with van der Waals surface area (Å²) < 4.78 is 0. The number of hydrogen-bond acceptors (Lipinski definition) is 2. The van der Waals surface area contributed by atoms with E-state index in [2.05, 4.69) is 36.9 Å². The fourth-order valence-electron chi connectivity index (χ4n) is 2.61. The Balaban J connectivity index is 2.02. The molecule has 2 fully saturated rings. The zero-order valence-corrected chi connectivity index (χ0v) is 11.0. The van der Waals surface area contributed by atoms with Crippen LogP contribution in [0.2, 0.25) is 0 Å². The fraction of sp³-hybridized carbons (Fsp3) is 0.571. The summed E-state index contributed by atoms with van der Waals surface area (Å²) >= 11 is 0. The molecule has 2 aliphatic rings. The van der Waals surface area contributed by atoms with Crippen LogP contribution in [0.25, 0.3) is 0 Å². The van der Waals surface area contributed by atoms with Crippen molar-refractivity contribution in [3.05, 3.63) is 23.3 Å². The number of nitrogens with one attached hydrogen (secondary N) is 2. The quantitative estimate of drug-likeness (QED) is 0.733. The summed E-state index contributed by atoms with van der Waals surface area (Å²) in [5, 5.41) is 0. The predicted octanol–water partition coefficient (Wildman–Crippen LogP) is 1.85. The third kappa shape index (κ3) is 2.81. The first kappa shape index (κ1) is 12.9. The van der Waals surface area contributed by atoms with Crippen LogP contribution in [0, 0.1) is 11.8 Å². The second-order valence-corrected chi connectivity index (χ2v) is 5.31. The molecule has 4 heteroatoms. The van der Waals surface area contributed by atoms with E-state index in [0.29, 0.717) is 0 Å². The molecule has 0 aromatic carbocycles. The van der Waals surface area contributed by atoms with Crippen LogP contribution < -0.4 is 10.9 Å². The number of hydrogen-bond donors (Lipinski definition) is 2. The van der Waals surface area contributed by atoms with Crippen molar-refractivity contribution in [2.45, 2.75) is 39.5 Å². The van der Waals surface area contributed by atoms with E-state index in [-0.39, 0.29) is 23.7 Å². The number of amides is 2. The summed E-state index contributed by atoms with van der Waals surface area (Å²) in [6.07, 6.45) is 7.72. The smallest absolute Gasteiger partial charge is 0.242 e. The van der Waals surface area contributed by atoms with Crippen molar-refractivity contribution in [2.24, 2.45) is 11.8 Å². The first-order valence-corrected chi connectivity index (χ1v) is 6.49. The van der Waals surface area contributed by atoms with Gasteiger partial charge in [-0.15, -0.1) is 0 Å². The van der Waals surface area contributed by atoms with Crippen molar-refractivity contribution in [1.29, 1.82) is 0 Å². The maximum atomic E-state index is 11.7. The second kappa shape index (κ2) is 5.38.